The molecular weight excluding hydrogens is 450 g/mol. The topological polar surface area (TPSA) is 144 Å². The van der Waals surface area contributed by atoms with Crippen molar-refractivity contribution in [1.29, 1.82) is 0 Å². The number of ether oxygens (including phenoxy) is 5. The first kappa shape index (κ1) is 26.5. The predicted molar refractivity (Wildman–Crippen MR) is 116 cm³/mol. The maximum Gasteiger partial charge on any atom is 0.333 e. The van der Waals surface area contributed by atoms with E-state index in [9.17, 15) is 24.0 Å². The lowest BCUT2D eigenvalue weighted by Crippen LogP contribution is -2.66. The summed E-state index contributed by atoms with van der Waals surface area (Å²) in [5.41, 5.74) is 0.739. The number of rotatable bonds is 8. The van der Waals surface area contributed by atoms with Gasteiger partial charge < -0.3 is 29.0 Å². The molecule has 1 aliphatic rings. The summed E-state index contributed by atoms with van der Waals surface area (Å²) >= 11 is 0. The van der Waals surface area contributed by atoms with Gasteiger partial charge >= 0.3 is 23.9 Å². The van der Waals surface area contributed by atoms with Crippen LogP contribution in [0.3, 0.4) is 0 Å². The Morgan fingerprint density at radius 2 is 1.50 bits per heavy atom. The number of hydrogen-bond acceptors (Lipinski definition) is 10. The lowest BCUT2D eigenvalue weighted by atomic mass is 9.96. The predicted octanol–water partition coefficient (Wildman–Crippen LogP) is 0.899. The molecule has 0 aromatic heterocycles. The molecule has 1 amide bonds. The third-order valence-electron chi connectivity index (χ3n) is 4.51. The molecule has 1 aromatic carbocycles. The fourth-order valence-corrected chi connectivity index (χ4v) is 3.27. The summed E-state index contributed by atoms with van der Waals surface area (Å²) in [5, 5.41) is 2.51. The summed E-state index contributed by atoms with van der Waals surface area (Å²) < 4.78 is 26.8. The van der Waals surface area contributed by atoms with Crippen molar-refractivity contribution >= 4 is 35.9 Å². The number of benzene rings is 1. The number of carbonyl (C=O) groups is 5. The first-order valence-corrected chi connectivity index (χ1v) is 10.4. The number of hydrogen-bond donors (Lipinski definition) is 1. The minimum atomic E-state index is -1.46. The van der Waals surface area contributed by atoms with Gasteiger partial charge in [0.05, 0.1) is 0 Å². The van der Waals surface area contributed by atoms with Crippen molar-refractivity contribution in [1.82, 2.24) is 5.32 Å². The molecule has 1 N–H and O–H groups in total. The van der Waals surface area contributed by atoms with Crippen LogP contribution in [0.1, 0.15) is 33.3 Å². The molecule has 0 bridgehead atoms. The zero-order valence-electron chi connectivity index (χ0n) is 19.2. The summed E-state index contributed by atoms with van der Waals surface area (Å²) in [4.78, 5) is 59.3. The molecule has 184 valence electrons. The van der Waals surface area contributed by atoms with Gasteiger partial charge in [-0.1, -0.05) is 30.3 Å². The average Bonchev–Trinajstić information content (AvgIpc) is 2.75. The van der Waals surface area contributed by atoms with Gasteiger partial charge in [-0.05, 0) is 11.6 Å². The molecule has 1 aliphatic heterocycles. The molecule has 0 aliphatic carbocycles. The molecule has 34 heavy (non-hydrogen) atoms. The Morgan fingerprint density at radius 1 is 0.882 bits per heavy atom. The van der Waals surface area contributed by atoms with Gasteiger partial charge in [-0.15, -0.1) is 0 Å². The summed E-state index contributed by atoms with van der Waals surface area (Å²) in [5.74, 6) is -3.49. The van der Waals surface area contributed by atoms with Crippen molar-refractivity contribution in [3.63, 3.8) is 0 Å². The summed E-state index contributed by atoms with van der Waals surface area (Å²) in [7, 11) is 0. The van der Waals surface area contributed by atoms with Crippen molar-refractivity contribution in [2.24, 2.45) is 0 Å². The highest BCUT2D eigenvalue weighted by atomic mass is 16.7. The molecule has 2 rings (SSSR count). The molecule has 5 atom stereocenters. The summed E-state index contributed by atoms with van der Waals surface area (Å²) in [6.07, 6.45) is -2.54. The van der Waals surface area contributed by atoms with E-state index >= 15 is 0 Å². The Balaban J connectivity index is 2.35. The van der Waals surface area contributed by atoms with Crippen LogP contribution in [0.15, 0.2) is 36.4 Å². The van der Waals surface area contributed by atoms with Crippen LogP contribution in [0, 0.1) is 0 Å². The minimum Gasteiger partial charge on any atom is -0.463 e. The van der Waals surface area contributed by atoms with Crippen molar-refractivity contribution < 1.29 is 47.7 Å². The Bertz CT molecular complexity index is 929. The largest absolute Gasteiger partial charge is 0.463 e. The van der Waals surface area contributed by atoms with Gasteiger partial charge in [0.1, 0.15) is 18.8 Å². The Labute approximate surface area is 196 Å². The van der Waals surface area contributed by atoms with E-state index in [2.05, 4.69) is 5.32 Å². The van der Waals surface area contributed by atoms with Crippen LogP contribution in [-0.4, -0.2) is 67.0 Å². The van der Waals surface area contributed by atoms with Gasteiger partial charge in [-0.25, -0.2) is 4.79 Å². The quantitative estimate of drug-likeness (QED) is 0.326. The number of esters is 4. The first-order chi connectivity index (χ1) is 16.1. The molecule has 1 fully saturated rings. The second-order valence-corrected chi connectivity index (χ2v) is 7.40. The van der Waals surface area contributed by atoms with Crippen molar-refractivity contribution in [2.75, 3.05) is 6.61 Å². The van der Waals surface area contributed by atoms with E-state index in [0.717, 1.165) is 25.5 Å². The lowest BCUT2D eigenvalue weighted by Gasteiger charge is -2.44. The van der Waals surface area contributed by atoms with E-state index in [1.54, 1.807) is 24.3 Å². The molecule has 1 heterocycles. The van der Waals surface area contributed by atoms with E-state index in [-0.39, 0.29) is 0 Å². The fourth-order valence-electron chi connectivity index (χ4n) is 3.27. The van der Waals surface area contributed by atoms with Gasteiger partial charge in [0, 0.05) is 33.8 Å². The highest BCUT2D eigenvalue weighted by molar-refractivity contribution is 5.87. The molecule has 1 aromatic rings. The maximum absolute atomic E-state index is 12.5. The number of nitrogens with one attached hydrogen (secondary N) is 1. The minimum absolute atomic E-state index is 0.397. The Morgan fingerprint density at radius 3 is 2.06 bits per heavy atom. The van der Waals surface area contributed by atoms with Gasteiger partial charge in [0.2, 0.25) is 12.2 Å². The molecular formula is C23H27NO10. The van der Waals surface area contributed by atoms with E-state index in [0.29, 0.717) is 0 Å². The highest BCUT2D eigenvalue weighted by Gasteiger charge is 2.52. The fraction of sp³-hybridized carbons (Fsp3) is 0.435. The average molecular weight is 477 g/mol. The van der Waals surface area contributed by atoms with Gasteiger partial charge in [-0.2, -0.15) is 0 Å². The van der Waals surface area contributed by atoms with E-state index in [4.69, 9.17) is 23.7 Å². The van der Waals surface area contributed by atoms with Gasteiger partial charge in [0.15, 0.2) is 12.2 Å². The number of carbonyl (C=O) groups excluding carboxylic acids is 5. The van der Waals surface area contributed by atoms with Crippen LogP contribution < -0.4 is 5.32 Å². The van der Waals surface area contributed by atoms with Crippen LogP contribution in [0.25, 0.3) is 6.08 Å². The van der Waals surface area contributed by atoms with Crippen LogP contribution in [0.4, 0.5) is 0 Å². The zero-order valence-corrected chi connectivity index (χ0v) is 19.2. The first-order valence-electron chi connectivity index (χ1n) is 10.4. The van der Waals surface area contributed by atoms with Crippen LogP contribution in [0.5, 0.6) is 0 Å². The second kappa shape index (κ2) is 12.5. The van der Waals surface area contributed by atoms with Crippen LogP contribution >= 0.6 is 0 Å². The monoisotopic (exact) mass is 477 g/mol. The molecule has 11 heteroatoms. The SMILES string of the molecule is CC(=O)NC1C(OC(=O)C=Cc2ccccc2)OC(COC(C)=O)C(OC(C)=O)C1OC(C)=O. The molecule has 1 saturated heterocycles. The van der Waals surface area contributed by atoms with Crippen LogP contribution in [0.2, 0.25) is 0 Å². The van der Waals surface area contributed by atoms with Crippen molar-refractivity contribution in [3.8, 4) is 0 Å². The molecule has 0 spiro atoms. The van der Waals surface area contributed by atoms with Gasteiger partial charge in [-0.3, -0.25) is 19.2 Å². The van der Waals surface area contributed by atoms with Crippen molar-refractivity contribution in [2.45, 2.75) is 58.3 Å². The Kier molecular flexibility index (Phi) is 9.75. The highest BCUT2D eigenvalue weighted by Crippen LogP contribution is 2.28. The molecule has 11 nitrogen and oxygen atoms in total. The normalized spacial score (nSPS) is 24.1. The third-order valence-corrected chi connectivity index (χ3v) is 4.51. The molecule has 0 radical (unpaired) electrons. The van der Waals surface area contributed by atoms with E-state index < -0.39 is 67.0 Å². The summed E-state index contributed by atoms with van der Waals surface area (Å²) in [6, 6.07) is 7.73. The van der Waals surface area contributed by atoms with E-state index in [1.165, 1.54) is 19.9 Å². The zero-order chi connectivity index (χ0) is 25.3. The molecule has 0 saturated carbocycles. The van der Waals surface area contributed by atoms with E-state index in [1.807, 2.05) is 6.07 Å². The smallest absolute Gasteiger partial charge is 0.333 e. The lowest BCUT2D eigenvalue weighted by molar-refractivity contribution is -0.270. The third kappa shape index (κ3) is 8.32. The summed E-state index contributed by atoms with van der Waals surface area (Å²) in [6.45, 7) is 4.22. The second-order valence-electron chi connectivity index (χ2n) is 7.40. The maximum atomic E-state index is 12.5. The van der Waals surface area contributed by atoms with Crippen molar-refractivity contribution in [3.05, 3.63) is 42.0 Å². The Hall–Kier alpha value is -3.73. The van der Waals surface area contributed by atoms with Crippen LogP contribution in [-0.2, 0) is 47.7 Å². The standard InChI is InChI=1S/C23H27NO10/c1-13(25)24-20-22(32-16(4)28)21(31-15(3)27)18(12-30-14(2)26)33-23(20)34-19(29)11-10-17-8-6-5-7-9-17/h5-11,18,20-23H,12H2,1-4H3,(H,24,25). The number of amides is 1. The molecule has 5 unspecified atom stereocenters. The van der Waals surface area contributed by atoms with Gasteiger partial charge in [0.25, 0.3) is 0 Å².